The average Bonchev–Trinajstić information content (AvgIpc) is 2.68. The summed E-state index contributed by atoms with van der Waals surface area (Å²) in [5.41, 5.74) is 2.88. The highest BCUT2D eigenvalue weighted by Gasteiger charge is 2.37. The molecule has 102 valence electrons. The Morgan fingerprint density at radius 1 is 1.42 bits per heavy atom. The number of hydrogen-bond donors (Lipinski definition) is 3. The molecule has 0 saturated carbocycles. The number of nitrogens with one attached hydrogen (secondary N) is 2. The van der Waals surface area contributed by atoms with Gasteiger partial charge < -0.3 is 10.7 Å². The number of carbonyl (C=O) groups excluding carboxylic acids is 2. The van der Waals surface area contributed by atoms with Gasteiger partial charge in [-0.3, -0.25) is 14.7 Å². The van der Waals surface area contributed by atoms with Gasteiger partial charge >= 0.3 is 6.03 Å². The van der Waals surface area contributed by atoms with Gasteiger partial charge in [0.05, 0.1) is 24.6 Å². The van der Waals surface area contributed by atoms with E-state index in [1.165, 1.54) is 12.4 Å². The monoisotopic (exact) mass is 264 g/mol. The molecule has 1 aromatic heterocycles. The molecule has 0 radical (unpaired) electrons. The zero-order valence-electron chi connectivity index (χ0n) is 10.6. The highest BCUT2D eigenvalue weighted by atomic mass is 16.2. The largest absolute Gasteiger partial charge is 0.326 e. The molecule has 4 N–H and O–H groups in total. The molecule has 1 atom stereocenters. The first-order valence-electron chi connectivity index (χ1n) is 6.05. The molecule has 19 heavy (non-hydrogen) atoms. The molecule has 1 unspecified atom stereocenters. The van der Waals surface area contributed by atoms with Gasteiger partial charge in [-0.25, -0.2) is 15.6 Å². The third-order valence-corrected chi connectivity index (χ3v) is 2.86. The van der Waals surface area contributed by atoms with Gasteiger partial charge in [0.2, 0.25) is 0 Å². The lowest BCUT2D eigenvalue weighted by atomic mass is 10.2. The third kappa shape index (κ3) is 2.79. The van der Waals surface area contributed by atoms with Crippen molar-refractivity contribution in [1.82, 2.24) is 20.2 Å². The number of urea groups is 1. The zero-order valence-corrected chi connectivity index (χ0v) is 10.6. The normalized spacial score (nSPS) is 18.6. The van der Waals surface area contributed by atoms with Crippen molar-refractivity contribution in [1.29, 1.82) is 0 Å². The summed E-state index contributed by atoms with van der Waals surface area (Å²) in [6.07, 6.45) is 4.39. The molecule has 1 fully saturated rings. The second-order valence-corrected chi connectivity index (χ2v) is 4.25. The number of carbonyl (C=O) groups is 2. The fourth-order valence-electron chi connectivity index (χ4n) is 1.88. The van der Waals surface area contributed by atoms with Crippen molar-refractivity contribution in [3.8, 4) is 0 Å². The summed E-state index contributed by atoms with van der Waals surface area (Å²) in [7, 11) is 0. The summed E-state index contributed by atoms with van der Waals surface area (Å²) in [5, 5.41) is 2.65. The second-order valence-electron chi connectivity index (χ2n) is 4.25. The van der Waals surface area contributed by atoms with Crippen molar-refractivity contribution in [3.05, 3.63) is 18.1 Å². The van der Waals surface area contributed by atoms with Crippen LogP contribution in [0.5, 0.6) is 0 Å². The predicted molar refractivity (Wildman–Crippen MR) is 67.6 cm³/mol. The Bertz CT molecular complexity index is 475. The SMILES string of the molecule is CCCC1NC(=O)N(Cc2cnc(NN)cn2)C1=O. The number of rotatable bonds is 5. The lowest BCUT2D eigenvalue weighted by Gasteiger charge is -2.12. The van der Waals surface area contributed by atoms with Crippen LogP contribution in [0.15, 0.2) is 12.4 Å². The van der Waals surface area contributed by atoms with Gasteiger partial charge in [-0.15, -0.1) is 0 Å². The van der Waals surface area contributed by atoms with E-state index >= 15 is 0 Å². The minimum absolute atomic E-state index is 0.114. The van der Waals surface area contributed by atoms with Crippen LogP contribution in [0.2, 0.25) is 0 Å². The van der Waals surface area contributed by atoms with Crippen LogP contribution in [0, 0.1) is 0 Å². The predicted octanol–water partition coefficient (Wildman–Crippen LogP) is -0.0173. The first-order chi connectivity index (χ1) is 9.15. The van der Waals surface area contributed by atoms with Crippen LogP contribution in [-0.4, -0.2) is 32.8 Å². The van der Waals surface area contributed by atoms with Gasteiger partial charge in [0.25, 0.3) is 5.91 Å². The molecule has 0 aromatic carbocycles. The minimum Gasteiger partial charge on any atom is -0.326 e. The number of nitrogen functional groups attached to an aromatic ring is 1. The van der Waals surface area contributed by atoms with E-state index in [-0.39, 0.29) is 18.5 Å². The summed E-state index contributed by atoms with van der Waals surface area (Å²) in [6.45, 7) is 2.08. The van der Waals surface area contributed by atoms with Crippen LogP contribution in [0.3, 0.4) is 0 Å². The zero-order chi connectivity index (χ0) is 13.8. The van der Waals surface area contributed by atoms with Crippen molar-refractivity contribution in [3.63, 3.8) is 0 Å². The van der Waals surface area contributed by atoms with E-state index in [9.17, 15) is 9.59 Å². The van der Waals surface area contributed by atoms with E-state index in [2.05, 4.69) is 20.7 Å². The summed E-state index contributed by atoms with van der Waals surface area (Å²) < 4.78 is 0. The van der Waals surface area contributed by atoms with E-state index in [1.54, 1.807) is 0 Å². The topological polar surface area (TPSA) is 113 Å². The van der Waals surface area contributed by atoms with Gasteiger partial charge in [-0.1, -0.05) is 13.3 Å². The number of amides is 3. The Morgan fingerprint density at radius 3 is 2.79 bits per heavy atom. The first kappa shape index (κ1) is 13.2. The third-order valence-electron chi connectivity index (χ3n) is 2.86. The van der Waals surface area contributed by atoms with Crippen LogP contribution >= 0.6 is 0 Å². The number of anilines is 1. The number of nitrogens with two attached hydrogens (primary N) is 1. The van der Waals surface area contributed by atoms with Crippen LogP contribution in [0.4, 0.5) is 10.6 Å². The molecular formula is C11H16N6O2. The molecular weight excluding hydrogens is 248 g/mol. The highest BCUT2D eigenvalue weighted by Crippen LogP contribution is 2.13. The molecule has 8 heteroatoms. The van der Waals surface area contributed by atoms with Crippen molar-refractivity contribution < 1.29 is 9.59 Å². The summed E-state index contributed by atoms with van der Waals surface area (Å²) in [4.78, 5) is 32.9. The fraction of sp³-hybridized carbons (Fsp3) is 0.455. The quantitative estimate of drug-likeness (QED) is 0.391. The van der Waals surface area contributed by atoms with Crippen LogP contribution < -0.4 is 16.6 Å². The van der Waals surface area contributed by atoms with E-state index in [0.717, 1.165) is 11.3 Å². The Kier molecular flexibility index (Phi) is 3.91. The van der Waals surface area contributed by atoms with E-state index in [0.29, 0.717) is 17.9 Å². The van der Waals surface area contributed by atoms with Gasteiger partial charge in [-0.2, -0.15) is 0 Å². The van der Waals surface area contributed by atoms with Gasteiger partial charge in [0, 0.05) is 0 Å². The highest BCUT2D eigenvalue weighted by molar-refractivity contribution is 6.04. The van der Waals surface area contributed by atoms with Gasteiger partial charge in [0.1, 0.15) is 6.04 Å². The maximum absolute atomic E-state index is 12.0. The number of imide groups is 1. The molecule has 0 spiro atoms. The maximum atomic E-state index is 12.0. The first-order valence-corrected chi connectivity index (χ1v) is 6.05. The molecule has 3 amide bonds. The molecule has 2 rings (SSSR count). The van der Waals surface area contributed by atoms with Crippen molar-refractivity contribution in [2.75, 3.05) is 5.43 Å². The molecule has 0 bridgehead atoms. The van der Waals surface area contributed by atoms with Crippen LogP contribution in [-0.2, 0) is 11.3 Å². The van der Waals surface area contributed by atoms with Crippen molar-refractivity contribution in [2.24, 2.45) is 5.84 Å². The number of hydrogen-bond acceptors (Lipinski definition) is 6. The fourth-order valence-corrected chi connectivity index (χ4v) is 1.88. The van der Waals surface area contributed by atoms with Gasteiger partial charge in [-0.05, 0) is 6.42 Å². The Hall–Kier alpha value is -2.22. The lowest BCUT2D eigenvalue weighted by molar-refractivity contribution is -0.128. The lowest BCUT2D eigenvalue weighted by Crippen LogP contribution is -2.31. The van der Waals surface area contributed by atoms with Crippen molar-refractivity contribution >= 4 is 17.8 Å². The number of aromatic nitrogens is 2. The summed E-state index contributed by atoms with van der Waals surface area (Å²) >= 11 is 0. The standard InChI is InChI=1S/C11H16N6O2/c1-2-3-8-10(18)17(11(19)15-8)6-7-4-14-9(16-12)5-13-7/h4-5,8H,2-3,6,12H2,1H3,(H,14,16)(H,15,19). The number of hydrazine groups is 1. The Labute approximate surface area is 110 Å². The number of nitrogens with zero attached hydrogens (tertiary/aromatic N) is 3. The van der Waals surface area contributed by atoms with E-state index in [4.69, 9.17) is 5.84 Å². The Balaban J connectivity index is 2.05. The Morgan fingerprint density at radius 2 is 2.21 bits per heavy atom. The average molecular weight is 264 g/mol. The summed E-state index contributed by atoms with van der Waals surface area (Å²) in [6, 6.07) is -0.804. The molecule has 1 saturated heterocycles. The molecule has 2 heterocycles. The molecule has 1 aliphatic heterocycles. The van der Waals surface area contributed by atoms with Crippen LogP contribution in [0.25, 0.3) is 0 Å². The molecule has 1 aliphatic rings. The maximum Gasteiger partial charge on any atom is 0.325 e. The molecule has 0 aliphatic carbocycles. The van der Waals surface area contributed by atoms with E-state index in [1.807, 2.05) is 6.92 Å². The minimum atomic E-state index is -0.421. The van der Waals surface area contributed by atoms with Crippen LogP contribution in [0.1, 0.15) is 25.5 Å². The molecule has 1 aromatic rings. The second kappa shape index (κ2) is 5.61. The summed E-state index contributed by atoms with van der Waals surface area (Å²) in [5.74, 6) is 5.39. The van der Waals surface area contributed by atoms with Gasteiger partial charge in [0.15, 0.2) is 5.82 Å². The van der Waals surface area contributed by atoms with E-state index < -0.39 is 6.04 Å². The molecule has 8 nitrogen and oxygen atoms in total. The smallest absolute Gasteiger partial charge is 0.325 e. The van der Waals surface area contributed by atoms with Crippen molar-refractivity contribution in [2.45, 2.75) is 32.4 Å².